The van der Waals surface area contributed by atoms with E-state index >= 15 is 0 Å². The molecule has 5 nitrogen and oxygen atoms in total. The molecule has 25 heavy (non-hydrogen) atoms. The Morgan fingerprint density at radius 3 is 2.92 bits per heavy atom. The highest BCUT2D eigenvalue weighted by Gasteiger charge is 2.15. The van der Waals surface area contributed by atoms with Crippen LogP contribution in [0.25, 0.3) is 10.9 Å². The Hall–Kier alpha value is -2.60. The van der Waals surface area contributed by atoms with Crippen molar-refractivity contribution in [3.63, 3.8) is 0 Å². The van der Waals surface area contributed by atoms with Crippen molar-refractivity contribution in [1.82, 2.24) is 10.4 Å². The monoisotopic (exact) mass is 398 g/mol. The Balaban J connectivity index is 1.64. The van der Waals surface area contributed by atoms with Crippen LogP contribution >= 0.6 is 15.9 Å². The van der Waals surface area contributed by atoms with E-state index in [4.69, 9.17) is 0 Å². The summed E-state index contributed by atoms with van der Waals surface area (Å²) in [6.45, 7) is 1.96. The Bertz CT molecular complexity index is 903. The third kappa shape index (κ3) is 4.28. The van der Waals surface area contributed by atoms with Gasteiger partial charge in [0.1, 0.15) is 6.04 Å². The number of amides is 1. The van der Waals surface area contributed by atoms with Gasteiger partial charge in [0, 0.05) is 32.8 Å². The molecular formula is C19H19BrN4O. The minimum atomic E-state index is -0.352. The molecule has 1 amide bonds. The van der Waals surface area contributed by atoms with Crippen molar-refractivity contribution in [3.8, 4) is 0 Å². The summed E-state index contributed by atoms with van der Waals surface area (Å²) in [5.74, 6) is -0.168. The maximum Gasteiger partial charge on any atom is 0.262 e. The molecular weight excluding hydrogens is 380 g/mol. The Morgan fingerprint density at radius 2 is 2.12 bits per heavy atom. The number of aromatic nitrogens is 1. The maximum absolute atomic E-state index is 12.3. The van der Waals surface area contributed by atoms with E-state index in [1.165, 1.54) is 0 Å². The molecule has 0 aliphatic heterocycles. The summed E-state index contributed by atoms with van der Waals surface area (Å²) in [5, 5.41) is 8.39. The molecule has 0 saturated heterocycles. The van der Waals surface area contributed by atoms with E-state index < -0.39 is 0 Å². The first-order valence-corrected chi connectivity index (χ1v) is 8.88. The van der Waals surface area contributed by atoms with Gasteiger partial charge in [0.2, 0.25) is 0 Å². The maximum atomic E-state index is 12.3. The fraction of sp³-hybridized carbons (Fsp3) is 0.158. The topological polar surface area (TPSA) is 69.3 Å². The lowest BCUT2D eigenvalue weighted by Crippen LogP contribution is -2.36. The first-order valence-electron chi connectivity index (χ1n) is 8.08. The number of nitrogens with zero attached hydrogens (tertiary/aromatic N) is 1. The average molecular weight is 399 g/mol. The van der Waals surface area contributed by atoms with Crippen molar-refractivity contribution in [2.75, 3.05) is 5.32 Å². The predicted molar refractivity (Wildman–Crippen MR) is 106 cm³/mol. The highest BCUT2D eigenvalue weighted by atomic mass is 79.9. The van der Waals surface area contributed by atoms with Gasteiger partial charge >= 0.3 is 0 Å². The number of fused-ring (bicyclic) bond motifs is 1. The number of rotatable bonds is 6. The summed E-state index contributed by atoms with van der Waals surface area (Å²) in [6, 6.07) is 15.3. The van der Waals surface area contributed by atoms with Gasteiger partial charge in [-0.05, 0) is 30.7 Å². The minimum Gasteiger partial charge on any atom is -0.374 e. The molecule has 1 heterocycles. The Labute approximate surface area is 154 Å². The molecule has 128 valence electrons. The van der Waals surface area contributed by atoms with Crippen molar-refractivity contribution < 1.29 is 4.79 Å². The molecule has 0 aliphatic carbocycles. The fourth-order valence-electron chi connectivity index (χ4n) is 2.58. The molecule has 0 spiro atoms. The molecule has 0 bridgehead atoms. The average Bonchev–Trinajstić information content (AvgIpc) is 3.03. The van der Waals surface area contributed by atoms with Crippen LogP contribution < -0.4 is 10.7 Å². The lowest BCUT2D eigenvalue weighted by molar-refractivity contribution is -0.121. The third-order valence-corrected chi connectivity index (χ3v) is 4.38. The van der Waals surface area contributed by atoms with Crippen LogP contribution in [-0.2, 0) is 4.79 Å². The lowest BCUT2D eigenvalue weighted by Gasteiger charge is -2.16. The number of carbonyl (C=O) groups excluding carboxylic acids is 1. The van der Waals surface area contributed by atoms with Crippen LogP contribution in [0.5, 0.6) is 0 Å². The molecule has 0 saturated carbocycles. The molecule has 0 radical (unpaired) electrons. The van der Waals surface area contributed by atoms with E-state index in [2.05, 4.69) is 36.8 Å². The number of anilines is 1. The molecule has 3 N–H and O–H groups in total. The van der Waals surface area contributed by atoms with Gasteiger partial charge in [0.25, 0.3) is 5.91 Å². The number of halogens is 1. The second-order valence-electron chi connectivity index (χ2n) is 5.64. The van der Waals surface area contributed by atoms with E-state index in [1.54, 1.807) is 6.21 Å². The van der Waals surface area contributed by atoms with Gasteiger partial charge in [-0.1, -0.05) is 47.1 Å². The van der Waals surface area contributed by atoms with E-state index in [1.807, 2.05) is 61.7 Å². The van der Waals surface area contributed by atoms with Gasteiger partial charge in [0.05, 0.1) is 6.21 Å². The first kappa shape index (κ1) is 17.2. The molecule has 6 heteroatoms. The largest absolute Gasteiger partial charge is 0.374 e. The van der Waals surface area contributed by atoms with Crippen molar-refractivity contribution in [2.45, 2.75) is 19.4 Å². The van der Waals surface area contributed by atoms with Crippen molar-refractivity contribution in [2.24, 2.45) is 5.10 Å². The SMILES string of the molecule is CCC(Nc1cccc(Br)c1)C(=O)N/N=C/c1c[nH]c2ccccc12. The van der Waals surface area contributed by atoms with Crippen LogP contribution in [0.3, 0.4) is 0 Å². The number of nitrogens with one attached hydrogen (secondary N) is 3. The van der Waals surface area contributed by atoms with E-state index in [9.17, 15) is 4.79 Å². The molecule has 1 aromatic heterocycles. The number of hydrogen-bond acceptors (Lipinski definition) is 3. The van der Waals surface area contributed by atoms with Crippen molar-refractivity contribution in [3.05, 3.63) is 64.8 Å². The summed E-state index contributed by atoms with van der Waals surface area (Å²) in [5.41, 5.74) is 5.47. The van der Waals surface area contributed by atoms with Crippen LogP contribution in [0.15, 0.2) is 64.3 Å². The van der Waals surface area contributed by atoms with Gasteiger partial charge in [0.15, 0.2) is 0 Å². The van der Waals surface area contributed by atoms with Gasteiger partial charge in [-0.15, -0.1) is 0 Å². The van der Waals surface area contributed by atoms with E-state index in [0.717, 1.165) is 26.6 Å². The number of hydrogen-bond donors (Lipinski definition) is 3. The van der Waals surface area contributed by atoms with Crippen LogP contribution in [0, 0.1) is 0 Å². The summed E-state index contributed by atoms with van der Waals surface area (Å²) in [4.78, 5) is 15.5. The van der Waals surface area contributed by atoms with Crippen LogP contribution in [-0.4, -0.2) is 23.1 Å². The van der Waals surface area contributed by atoms with Gasteiger partial charge in [-0.25, -0.2) is 5.43 Å². The molecule has 1 atom stereocenters. The molecule has 0 aliphatic rings. The molecule has 1 unspecified atom stereocenters. The highest BCUT2D eigenvalue weighted by molar-refractivity contribution is 9.10. The number of H-pyrrole nitrogens is 1. The number of para-hydroxylation sites is 1. The summed E-state index contributed by atoms with van der Waals surface area (Å²) in [6.07, 6.45) is 4.18. The highest BCUT2D eigenvalue weighted by Crippen LogP contribution is 2.17. The number of carbonyl (C=O) groups is 1. The smallest absolute Gasteiger partial charge is 0.262 e. The molecule has 0 fully saturated rings. The molecule has 2 aromatic carbocycles. The normalized spacial score (nSPS) is 12.4. The van der Waals surface area contributed by atoms with Gasteiger partial charge in [-0.3, -0.25) is 4.79 Å². The zero-order valence-corrected chi connectivity index (χ0v) is 15.4. The summed E-state index contributed by atoms with van der Waals surface area (Å²) in [7, 11) is 0. The van der Waals surface area contributed by atoms with Crippen LogP contribution in [0.4, 0.5) is 5.69 Å². The standard InChI is InChI=1S/C19H19BrN4O/c1-2-17(23-15-7-5-6-14(20)10-15)19(25)24-22-12-13-11-21-18-9-4-3-8-16(13)18/h3-12,17,21,23H,2H2,1H3,(H,24,25)/b22-12+. The number of aromatic amines is 1. The van der Waals surface area contributed by atoms with Crippen LogP contribution in [0.2, 0.25) is 0 Å². The lowest BCUT2D eigenvalue weighted by atomic mass is 10.2. The second kappa shape index (κ2) is 7.98. The zero-order chi connectivity index (χ0) is 17.6. The molecule has 3 aromatic rings. The Kier molecular flexibility index (Phi) is 5.50. The number of benzene rings is 2. The minimum absolute atomic E-state index is 0.168. The van der Waals surface area contributed by atoms with Crippen molar-refractivity contribution in [1.29, 1.82) is 0 Å². The first-order chi connectivity index (χ1) is 12.2. The summed E-state index contributed by atoms with van der Waals surface area (Å²) >= 11 is 3.43. The number of hydrazone groups is 1. The predicted octanol–water partition coefficient (Wildman–Crippen LogP) is 4.27. The zero-order valence-electron chi connectivity index (χ0n) is 13.8. The van der Waals surface area contributed by atoms with Crippen LogP contribution in [0.1, 0.15) is 18.9 Å². The van der Waals surface area contributed by atoms with Gasteiger partial charge < -0.3 is 10.3 Å². The van der Waals surface area contributed by atoms with Crippen molar-refractivity contribution >= 4 is 44.6 Å². The fourth-order valence-corrected chi connectivity index (χ4v) is 2.98. The van der Waals surface area contributed by atoms with Gasteiger partial charge in [-0.2, -0.15) is 5.10 Å². The Morgan fingerprint density at radius 1 is 1.28 bits per heavy atom. The second-order valence-corrected chi connectivity index (χ2v) is 6.56. The third-order valence-electron chi connectivity index (χ3n) is 3.89. The molecule has 3 rings (SSSR count). The summed E-state index contributed by atoms with van der Waals surface area (Å²) < 4.78 is 0.963. The van der Waals surface area contributed by atoms with E-state index in [0.29, 0.717) is 6.42 Å². The van der Waals surface area contributed by atoms with E-state index in [-0.39, 0.29) is 11.9 Å². The quantitative estimate of drug-likeness (QED) is 0.428.